The lowest BCUT2D eigenvalue weighted by molar-refractivity contribution is 0.0598. The van der Waals surface area contributed by atoms with Gasteiger partial charge in [-0.1, -0.05) is 25.1 Å². The fraction of sp³-hybridized carbons (Fsp3) is 0.583. The van der Waals surface area contributed by atoms with Crippen molar-refractivity contribution >= 4 is 18.2 Å². The van der Waals surface area contributed by atoms with Gasteiger partial charge in [-0.3, -0.25) is 0 Å². The quantitative estimate of drug-likeness (QED) is 0.649. The molecular formula is C12H16N2O2S. The van der Waals surface area contributed by atoms with E-state index in [0.29, 0.717) is 16.1 Å². The molecule has 0 atom stereocenters. The second-order valence-electron chi connectivity index (χ2n) is 4.40. The molecule has 17 heavy (non-hydrogen) atoms. The minimum atomic E-state index is -0.422. The third-order valence-electron chi connectivity index (χ3n) is 3.26. The highest BCUT2D eigenvalue weighted by atomic mass is 32.1. The van der Waals surface area contributed by atoms with Gasteiger partial charge in [0.25, 0.3) is 0 Å². The summed E-state index contributed by atoms with van der Waals surface area (Å²) >= 11 is 5.17. The molecule has 0 spiro atoms. The lowest BCUT2D eigenvalue weighted by atomic mass is 10.1. The monoisotopic (exact) mass is 252 g/mol. The van der Waals surface area contributed by atoms with Crippen LogP contribution in [0.25, 0.3) is 0 Å². The second kappa shape index (κ2) is 4.96. The van der Waals surface area contributed by atoms with Gasteiger partial charge in [0.05, 0.1) is 7.11 Å². The van der Waals surface area contributed by atoms with Gasteiger partial charge in [-0.2, -0.15) is 0 Å². The molecule has 0 bridgehead atoms. The lowest BCUT2D eigenvalue weighted by Gasteiger charge is -2.11. The first-order valence-corrected chi connectivity index (χ1v) is 6.23. The number of nitrogens with one attached hydrogen (secondary N) is 1. The highest BCUT2D eigenvalue weighted by Gasteiger charge is 2.21. The van der Waals surface area contributed by atoms with Gasteiger partial charge < -0.3 is 9.72 Å². The van der Waals surface area contributed by atoms with Gasteiger partial charge in [0.2, 0.25) is 0 Å². The van der Waals surface area contributed by atoms with E-state index in [9.17, 15) is 4.79 Å². The summed E-state index contributed by atoms with van der Waals surface area (Å²) in [5.41, 5.74) is 1.13. The number of rotatable bonds is 2. The molecule has 1 aliphatic rings. The Balaban J connectivity index is 2.41. The zero-order valence-electron chi connectivity index (χ0n) is 10.1. The number of ether oxygens (including phenoxy) is 1. The number of H-pyrrole nitrogens is 1. The van der Waals surface area contributed by atoms with Crippen molar-refractivity contribution in [3.8, 4) is 0 Å². The van der Waals surface area contributed by atoms with E-state index in [-0.39, 0.29) is 0 Å². The van der Waals surface area contributed by atoms with Crippen LogP contribution in [0.3, 0.4) is 0 Å². The van der Waals surface area contributed by atoms with Crippen LogP contribution in [-0.4, -0.2) is 23.0 Å². The highest BCUT2D eigenvalue weighted by molar-refractivity contribution is 7.71. The first-order valence-electron chi connectivity index (χ1n) is 5.82. The summed E-state index contributed by atoms with van der Waals surface area (Å²) < 4.78 is 5.04. The standard InChI is InChI=1S/C12H16N2O2S/c1-7-9(12(15)16-2)11(17)14-10(13-7)8-5-3-4-6-8/h8H,3-6H2,1-2H3,(H,13,14,17). The van der Waals surface area contributed by atoms with Crippen LogP contribution in [0, 0.1) is 11.6 Å². The number of hydrogen-bond acceptors (Lipinski definition) is 4. The van der Waals surface area contributed by atoms with Crippen molar-refractivity contribution in [3.05, 3.63) is 21.7 Å². The predicted octanol–water partition coefficient (Wildman–Crippen LogP) is 2.89. The van der Waals surface area contributed by atoms with Crippen molar-refractivity contribution < 1.29 is 9.53 Å². The van der Waals surface area contributed by atoms with Crippen molar-refractivity contribution in [1.29, 1.82) is 0 Å². The summed E-state index contributed by atoms with van der Waals surface area (Å²) in [6, 6.07) is 0. The smallest absolute Gasteiger partial charge is 0.342 e. The Hall–Kier alpha value is -1.23. The minimum absolute atomic E-state index is 0.343. The molecule has 4 nitrogen and oxygen atoms in total. The largest absolute Gasteiger partial charge is 0.465 e. The van der Waals surface area contributed by atoms with Crippen LogP contribution in [0.1, 0.15) is 53.5 Å². The van der Waals surface area contributed by atoms with E-state index in [1.165, 1.54) is 20.0 Å². The fourth-order valence-corrected chi connectivity index (χ4v) is 2.68. The Morgan fingerprint density at radius 1 is 1.47 bits per heavy atom. The maximum absolute atomic E-state index is 11.5. The van der Waals surface area contributed by atoms with E-state index in [4.69, 9.17) is 17.0 Å². The van der Waals surface area contributed by atoms with Crippen LogP contribution in [0.4, 0.5) is 0 Å². The molecule has 1 aliphatic carbocycles. The first kappa shape index (κ1) is 12.2. The molecule has 1 aromatic heterocycles. The van der Waals surface area contributed by atoms with Gasteiger partial charge in [0, 0.05) is 11.6 Å². The molecule has 0 unspecified atom stereocenters. The number of aromatic amines is 1. The van der Waals surface area contributed by atoms with E-state index in [0.717, 1.165) is 24.4 Å². The summed E-state index contributed by atoms with van der Waals surface area (Å²) in [7, 11) is 1.35. The van der Waals surface area contributed by atoms with Crippen LogP contribution in [0.15, 0.2) is 0 Å². The van der Waals surface area contributed by atoms with Gasteiger partial charge in [-0.15, -0.1) is 0 Å². The zero-order valence-corrected chi connectivity index (χ0v) is 10.9. The molecule has 1 saturated carbocycles. The van der Waals surface area contributed by atoms with Crippen molar-refractivity contribution in [2.75, 3.05) is 7.11 Å². The molecule has 1 fully saturated rings. The molecule has 5 heteroatoms. The third-order valence-corrected chi connectivity index (χ3v) is 3.55. The Morgan fingerprint density at radius 2 is 2.12 bits per heavy atom. The van der Waals surface area contributed by atoms with Crippen LogP contribution in [-0.2, 0) is 4.74 Å². The summed E-state index contributed by atoms with van der Waals surface area (Å²) in [4.78, 5) is 19.1. The number of carbonyl (C=O) groups is 1. The Labute approximate surface area is 105 Å². The first-order chi connectivity index (χ1) is 8.13. The minimum Gasteiger partial charge on any atom is -0.465 e. The van der Waals surface area contributed by atoms with E-state index in [2.05, 4.69) is 9.97 Å². The number of nitrogens with zero attached hydrogens (tertiary/aromatic N) is 1. The van der Waals surface area contributed by atoms with Crippen LogP contribution in [0.2, 0.25) is 0 Å². The molecule has 1 N–H and O–H groups in total. The average Bonchev–Trinajstić information content (AvgIpc) is 2.81. The topological polar surface area (TPSA) is 55.0 Å². The van der Waals surface area contributed by atoms with Crippen molar-refractivity contribution in [2.45, 2.75) is 38.5 Å². The van der Waals surface area contributed by atoms with Crippen LogP contribution < -0.4 is 0 Å². The second-order valence-corrected chi connectivity index (χ2v) is 4.79. The Morgan fingerprint density at radius 3 is 2.65 bits per heavy atom. The van der Waals surface area contributed by atoms with Crippen molar-refractivity contribution in [1.82, 2.24) is 9.97 Å². The molecule has 92 valence electrons. The molecule has 2 rings (SSSR count). The van der Waals surface area contributed by atoms with Gasteiger partial charge >= 0.3 is 5.97 Å². The van der Waals surface area contributed by atoms with E-state index in [1.807, 2.05) is 6.92 Å². The zero-order chi connectivity index (χ0) is 12.4. The third kappa shape index (κ3) is 2.39. The molecule has 0 radical (unpaired) electrons. The Bertz CT molecular complexity index is 490. The maximum atomic E-state index is 11.5. The van der Waals surface area contributed by atoms with Gasteiger partial charge in [-0.25, -0.2) is 9.78 Å². The molecule has 0 amide bonds. The summed E-state index contributed by atoms with van der Waals surface area (Å²) in [6.07, 6.45) is 4.78. The maximum Gasteiger partial charge on any atom is 0.342 e. The molecule has 1 heterocycles. The molecule has 1 aromatic rings. The normalized spacial score (nSPS) is 16.1. The predicted molar refractivity (Wildman–Crippen MR) is 66.7 cm³/mol. The summed E-state index contributed by atoms with van der Waals surface area (Å²) in [6.45, 7) is 1.84. The lowest BCUT2D eigenvalue weighted by Crippen LogP contribution is -2.11. The van der Waals surface area contributed by atoms with Gasteiger partial charge in [0.1, 0.15) is 16.0 Å². The van der Waals surface area contributed by atoms with Crippen LogP contribution in [0.5, 0.6) is 0 Å². The highest BCUT2D eigenvalue weighted by Crippen LogP contribution is 2.32. The van der Waals surface area contributed by atoms with Gasteiger partial charge in [0.15, 0.2) is 0 Å². The van der Waals surface area contributed by atoms with E-state index >= 15 is 0 Å². The average molecular weight is 252 g/mol. The molecule has 0 saturated heterocycles. The number of esters is 1. The van der Waals surface area contributed by atoms with E-state index in [1.54, 1.807) is 0 Å². The van der Waals surface area contributed by atoms with Gasteiger partial charge in [-0.05, 0) is 19.8 Å². The molecule has 0 aliphatic heterocycles. The summed E-state index contributed by atoms with van der Waals surface area (Å²) in [5.74, 6) is 0.953. The number of carbonyl (C=O) groups excluding carboxylic acids is 1. The molecule has 0 aromatic carbocycles. The number of methoxy groups -OCH3 is 1. The van der Waals surface area contributed by atoms with Crippen LogP contribution >= 0.6 is 12.2 Å². The summed E-state index contributed by atoms with van der Waals surface area (Å²) in [5, 5.41) is 0. The van der Waals surface area contributed by atoms with E-state index < -0.39 is 5.97 Å². The Kier molecular flexibility index (Phi) is 3.57. The molecular weight excluding hydrogens is 236 g/mol. The number of aryl methyl sites for hydroxylation is 1. The van der Waals surface area contributed by atoms with Crippen molar-refractivity contribution in [2.24, 2.45) is 0 Å². The fourth-order valence-electron chi connectivity index (χ4n) is 2.34. The SMILES string of the molecule is COC(=O)c1c(C)[nH]c(C2CCCC2)nc1=S. The van der Waals surface area contributed by atoms with Crippen molar-refractivity contribution in [3.63, 3.8) is 0 Å². The number of hydrogen-bond donors (Lipinski definition) is 1. The number of aromatic nitrogens is 2.